The molecule has 1 saturated heterocycles. The highest BCUT2D eigenvalue weighted by Crippen LogP contribution is 2.28. The Bertz CT molecular complexity index is 1600. The number of aryl methyl sites for hydroxylation is 1. The van der Waals surface area contributed by atoms with E-state index in [2.05, 4.69) is 87.6 Å². The molecule has 2 fully saturated rings. The van der Waals surface area contributed by atoms with Crippen molar-refractivity contribution in [2.75, 3.05) is 39.0 Å². The Hall–Kier alpha value is -4.11. The molecule has 8 nitrogen and oxygen atoms in total. The van der Waals surface area contributed by atoms with Gasteiger partial charge in [0.1, 0.15) is 5.82 Å². The topological polar surface area (TPSA) is 96.6 Å². The molecule has 1 aliphatic heterocycles. The zero-order chi connectivity index (χ0) is 31.3. The van der Waals surface area contributed by atoms with E-state index in [1.807, 2.05) is 13.0 Å². The Kier molecular flexibility index (Phi) is 9.54. The number of nitrogen functional groups attached to an aromatic ring is 1. The van der Waals surface area contributed by atoms with Crippen molar-refractivity contribution in [3.63, 3.8) is 0 Å². The second-order valence-corrected chi connectivity index (χ2v) is 12.6. The number of amides is 1. The molecule has 234 valence electrons. The zero-order valence-electron chi connectivity index (χ0n) is 26.6. The lowest BCUT2D eigenvalue weighted by molar-refractivity contribution is 0.0272. The van der Waals surface area contributed by atoms with Gasteiger partial charge >= 0.3 is 0 Å². The van der Waals surface area contributed by atoms with Gasteiger partial charge in [-0.1, -0.05) is 48.5 Å². The molecule has 4 aromatic rings. The SMILES string of the molecule is Cc1cncc(-c2cnc(N)c(C(=O)N[C@H]3CCCC3OCc3ccc(-c4ccc(C(C)N5CCN(C)CC5)cc4)cc3)c2)c1. The van der Waals surface area contributed by atoms with Crippen LogP contribution in [0.1, 0.15) is 59.3 Å². The van der Waals surface area contributed by atoms with Crippen molar-refractivity contribution in [3.05, 3.63) is 102 Å². The quantitative estimate of drug-likeness (QED) is 0.246. The number of benzene rings is 2. The molecule has 3 heterocycles. The summed E-state index contributed by atoms with van der Waals surface area (Å²) in [6.45, 7) is 9.28. The van der Waals surface area contributed by atoms with Crippen LogP contribution in [0.4, 0.5) is 5.82 Å². The molecule has 1 amide bonds. The molecule has 0 spiro atoms. The van der Waals surface area contributed by atoms with Gasteiger partial charge in [0.25, 0.3) is 5.91 Å². The Labute approximate surface area is 266 Å². The summed E-state index contributed by atoms with van der Waals surface area (Å²) >= 11 is 0. The van der Waals surface area contributed by atoms with E-state index >= 15 is 0 Å². The van der Waals surface area contributed by atoms with E-state index in [4.69, 9.17) is 10.5 Å². The molecular weight excluding hydrogens is 560 g/mol. The maximum atomic E-state index is 13.3. The number of carbonyl (C=O) groups excluding carboxylic acids is 1. The first-order valence-corrected chi connectivity index (χ1v) is 16.1. The number of pyridine rings is 2. The first kappa shape index (κ1) is 30.9. The Balaban J connectivity index is 1.03. The summed E-state index contributed by atoms with van der Waals surface area (Å²) < 4.78 is 6.35. The fourth-order valence-electron chi connectivity index (χ4n) is 6.44. The van der Waals surface area contributed by atoms with Gasteiger partial charge in [-0.15, -0.1) is 0 Å². The average Bonchev–Trinajstić information content (AvgIpc) is 3.51. The van der Waals surface area contributed by atoms with Gasteiger partial charge in [0.15, 0.2) is 0 Å². The number of aromatic nitrogens is 2. The minimum Gasteiger partial charge on any atom is -0.383 e. The third kappa shape index (κ3) is 7.41. The van der Waals surface area contributed by atoms with Gasteiger partial charge in [-0.05, 0) is 80.1 Å². The van der Waals surface area contributed by atoms with Crippen molar-refractivity contribution in [2.24, 2.45) is 0 Å². The monoisotopic (exact) mass is 604 g/mol. The number of ether oxygens (including phenoxy) is 1. The molecule has 2 unspecified atom stereocenters. The number of piperazine rings is 1. The molecule has 1 saturated carbocycles. The number of nitrogens with two attached hydrogens (primary N) is 1. The average molecular weight is 605 g/mol. The van der Waals surface area contributed by atoms with Crippen LogP contribution in [0.3, 0.4) is 0 Å². The molecule has 2 aromatic heterocycles. The van der Waals surface area contributed by atoms with E-state index < -0.39 is 0 Å². The molecule has 45 heavy (non-hydrogen) atoms. The summed E-state index contributed by atoms with van der Waals surface area (Å²) in [6, 6.07) is 21.8. The van der Waals surface area contributed by atoms with Crippen LogP contribution in [0, 0.1) is 6.92 Å². The summed E-state index contributed by atoms with van der Waals surface area (Å²) in [6.07, 6.45) is 7.97. The van der Waals surface area contributed by atoms with Crippen molar-refractivity contribution in [2.45, 2.75) is 57.9 Å². The number of rotatable bonds is 9. The van der Waals surface area contributed by atoms with Crippen LogP contribution >= 0.6 is 0 Å². The Morgan fingerprint density at radius 3 is 2.33 bits per heavy atom. The highest BCUT2D eigenvalue weighted by molar-refractivity contribution is 5.99. The number of nitrogens with one attached hydrogen (secondary N) is 1. The van der Waals surface area contributed by atoms with Crippen molar-refractivity contribution in [1.82, 2.24) is 25.1 Å². The van der Waals surface area contributed by atoms with Gasteiger partial charge in [0.2, 0.25) is 0 Å². The van der Waals surface area contributed by atoms with E-state index in [0.717, 1.165) is 67.7 Å². The molecule has 3 N–H and O–H groups in total. The highest BCUT2D eigenvalue weighted by Gasteiger charge is 2.30. The molecule has 2 aromatic carbocycles. The van der Waals surface area contributed by atoms with Gasteiger partial charge in [-0.25, -0.2) is 4.98 Å². The standard InChI is InChI=1S/C37H44N6O2/c1-25-19-31(22-39-21-25)32-20-33(36(38)40-23-32)37(44)41-34-5-4-6-35(34)45-24-27-7-9-29(10-8-27)30-13-11-28(12-14-30)26(2)43-17-15-42(3)16-18-43/h7-14,19-23,26,34-35H,4-6,15-18,24H2,1-3H3,(H2,38,40)(H,41,44)/t26?,34-,35?/m0/s1. The van der Waals surface area contributed by atoms with E-state index in [1.165, 1.54) is 16.7 Å². The van der Waals surface area contributed by atoms with Crippen LogP contribution in [0.25, 0.3) is 22.3 Å². The van der Waals surface area contributed by atoms with Gasteiger partial charge < -0.3 is 20.7 Å². The lowest BCUT2D eigenvalue weighted by Crippen LogP contribution is -2.45. The van der Waals surface area contributed by atoms with E-state index in [0.29, 0.717) is 18.2 Å². The Morgan fingerprint density at radius 1 is 0.933 bits per heavy atom. The Morgan fingerprint density at radius 2 is 1.62 bits per heavy atom. The van der Waals surface area contributed by atoms with Crippen molar-refractivity contribution >= 4 is 11.7 Å². The predicted octanol–water partition coefficient (Wildman–Crippen LogP) is 5.88. The van der Waals surface area contributed by atoms with E-state index in [-0.39, 0.29) is 23.9 Å². The van der Waals surface area contributed by atoms with Crippen LogP contribution < -0.4 is 11.1 Å². The number of likely N-dealkylation sites (N-methyl/N-ethyl adjacent to an activating group) is 1. The van der Waals surface area contributed by atoms with Crippen LogP contribution in [-0.2, 0) is 11.3 Å². The van der Waals surface area contributed by atoms with Crippen molar-refractivity contribution in [1.29, 1.82) is 0 Å². The van der Waals surface area contributed by atoms with Crippen LogP contribution in [-0.4, -0.2) is 71.0 Å². The molecule has 0 bridgehead atoms. The number of anilines is 1. The van der Waals surface area contributed by atoms with Crippen molar-refractivity contribution in [3.8, 4) is 22.3 Å². The molecule has 0 radical (unpaired) electrons. The maximum Gasteiger partial charge on any atom is 0.255 e. The van der Waals surface area contributed by atoms with Crippen LogP contribution in [0.2, 0.25) is 0 Å². The summed E-state index contributed by atoms with van der Waals surface area (Å²) in [5.74, 6) is -0.0112. The maximum absolute atomic E-state index is 13.3. The normalized spacial score (nSPS) is 19.8. The molecule has 6 rings (SSSR count). The summed E-state index contributed by atoms with van der Waals surface area (Å²) in [4.78, 5) is 26.8. The lowest BCUT2D eigenvalue weighted by Gasteiger charge is -2.36. The smallest absolute Gasteiger partial charge is 0.255 e. The third-order valence-electron chi connectivity index (χ3n) is 9.37. The van der Waals surface area contributed by atoms with Gasteiger partial charge in [-0.2, -0.15) is 0 Å². The summed E-state index contributed by atoms with van der Waals surface area (Å²) in [7, 11) is 2.20. The zero-order valence-corrected chi connectivity index (χ0v) is 26.6. The van der Waals surface area contributed by atoms with E-state index in [9.17, 15) is 4.79 Å². The van der Waals surface area contributed by atoms with Crippen LogP contribution in [0.5, 0.6) is 0 Å². The fraction of sp³-hybridized carbons (Fsp3) is 0.378. The van der Waals surface area contributed by atoms with E-state index in [1.54, 1.807) is 24.7 Å². The summed E-state index contributed by atoms with van der Waals surface area (Å²) in [5.41, 5.74) is 14.1. The largest absolute Gasteiger partial charge is 0.383 e. The minimum absolute atomic E-state index is 0.0539. The molecular formula is C37H44N6O2. The van der Waals surface area contributed by atoms with Gasteiger partial charge in [-0.3, -0.25) is 14.7 Å². The molecule has 3 atom stereocenters. The number of hydrogen-bond acceptors (Lipinski definition) is 7. The third-order valence-corrected chi connectivity index (χ3v) is 9.37. The second-order valence-electron chi connectivity index (χ2n) is 12.6. The summed E-state index contributed by atoms with van der Waals surface area (Å²) in [5, 5.41) is 3.17. The fourth-order valence-corrected chi connectivity index (χ4v) is 6.44. The second kappa shape index (κ2) is 13.9. The lowest BCUT2D eigenvalue weighted by atomic mass is 9.99. The van der Waals surface area contributed by atoms with Gasteiger partial charge in [0, 0.05) is 61.9 Å². The first-order valence-electron chi connectivity index (χ1n) is 16.1. The molecule has 1 aliphatic carbocycles. The number of nitrogens with zero attached hydrogens (tertiary/aromatic N) is 4. The number of hydrogen-bond donors (Lipinski definition) is 2. The first-order chi connectivity index (χ1) is 21.8. The highest BCUT2D eigenvalue weighted by atomic mass is 16.5. The van der Waals surface area contributed by atoms with Crippen molar-refractivity contribution < 1.29 is 9.53 Å². The molecule has 8 heteroatoms. The van der Waals surface area contributed by atoms with Crippen LogP contribution in [0.15, 0.2) is 79.3 Å². The predicted molar refractivity (Wildman–Crippen MR) is 180 cm³/mol. The minimum atomic E-state index is -0.226. The van der Waals surface area contributed by atoms with Gasteiger partial charge in [0.05, 0.1) is 24.3 Å². The number of carbonyl (C=O) groups is 1. The molecule has 2 aliphatic rings.